The molecular formula is C16H8Cl2N2O2S. The van der Waals surface area contributed by atoms with Crippen LogP contribution in [0.5, 0.6) is 0 Å². The summed E-state index contributed by atoms with van der Waals surface area (Å²) in [7, 11) is 0. The van der Waals surface area contributed by atoms with Crippen LogP contribution in [0.2, 0.25) is 10.0 Å². The van der Waals surface area contributed by atoms with Crippen LogP contribution in [0.15, 0.2) is 36.4 Å². The average molecular weight is 363 g/mol. The van der Waals surface area contributed by atoms with Crippen molar-refractivity contribution in [2.24, 2.45) is 0 Å². The number of amides is 2. The largest absolute Gasteiger partial charge is 0.269 e. The van der Waals surface area contributed by atoms with Crippen molar-refractivity contribution < 1.29 is 9.59 Å². The summed E-state index contributed by atoms with van der Waals surface area (Å²) in [5.74, 6) is -0.745. The molecule has 0 saturated heterocycles. The van der Waals surface area contributed by atoms with Crippen LogP contribution in [0.25, 0.3) is 10.2 Å². The van der Waals surface area contributed by atoms with E-state index in [1.54, 1.807) is 0 Å². The van der Waals surface area contributed by atoms with Gasteiger partial charge in [0.2, 0.25) is 0 Å². The molecular weight excluding hydrogens is 355 g/mol. The Labute approximate surface area is 145 Å². The monoisotopic (exact) mass is 362 g/mol. The van der Waals surface area contributed by atoms with Gasteiger partial charge in [0.15, 0.2) is 0 Å². The number of benzene rings is 2. The van der Waals surface area contributed by atoms with Gasteiger partial charge in [-0.15, -0.1) is 11.3 Å². The summed E-state index contributed by atoms with van der Waals surface area (Å²) in [6.07, 6.45) is 0. The third-order valence-electron chi connectivity index (χ3n) is 3.64. The van der Waals surface area contributed by atoms with Gasteiger partial charge in [0.05, 0.1) is 37.9 Å². The molecule has 3 aromatic rings. The highest BCUT2D eigenvalue weighted by atomic mass is 35.5. The number of nitrogens with zero attached hydrogens (tertiary/aromatic N) is 2. The zero-order chi connectivity index (χ0) is 16.1. The quantitative estimate of drug-likeness (QED) is 0.634. The number of fused-ring (bicyclic) bond motifs is 2. The summed E-state index contributed by atoms with van der Waals surface area (Å²) in [6, 6.07) is 10.6. The second-order valence-electron chi connectivity index (χ2n) is 5.08. The van der Waals surface area contributed by atoms with Crippen molar-refractivity contribution in [3.63, 3.8) is 0 Å². The van der Waals surface area contributed by atoms with Crippen molar-refractivity contribution in [2.45, 2.75) is 6.54 Å². The number of imide groups is 1. The average Bonchev–Trinajstić information content (AvgIpc) is 3.04. The molecule has 0 fully saturated rings. The molecule has 0 bridgehead atoms. The topological polar surface area (TPSA) is 50.3 Å². The summed E-state index contributed by atoms with van der Waals surface area (Å²) in [5.41, 5.74) is 1.42. The number of carbonyl (C=O) groups excluding carboxylic acids is 2. The number of para-hydroxylation sites is 1. The zero-order valence-corrected chi connectivity index (χ0v) is 13.9. The molecule has 0 unspecified atom stereocenters. The first-order valence-corrected chi connectivity index (χ1v) is 8.31. The maximum absolute atomic E-state index is 12.5. The third kappa shape index (κ3) is 2.32. The van der Waals surface area contributed by atoms with Crippen molar-refractivity contribution >= 4 is 56.6 Å². The van der Waals surface area contributed by atoms with E-state index in [0.717, 1.165) is 10.2 Å². The summed E-state index contributed by atoms with van der Waals surface area (Å²) >= 11 is 13.3. The summed E-state index contributed by atoms with van der Waals surface area (Å²) < 4.78 is 1.02. The highest BCUT2D eigenvalue weighted by Gasteiger charge is 2.36. The van der Waals surface area contributed by atoms with E-state index in [-0.39, 0.29) is 39.5 Å². The molecule has 4 nitrogen and oxygen atoms in total. The fourth-order valence-corrected chi connectivity index (χ4v) is 3.83. The van der Waals surface area contributed by atoms with Gasteiger partial charge in [-0.25, -0.2) is 4.98 Å². The van der Waals surface area contributed by atoms with Gasteiger partial charge in [-0.05, 0) is 24.3 Å². The number of thiazole rings is 1. The minimum atomic E-state index is -0.372. The summed E-state index contributed by atoms with van der Waals surface area (Å²) in [5, 5.41) is 1.22. The van der Waals surface area contributed by atoms with E-state index < -0.39 is 0 Å². The fourth-order valence-electron chi connectivity index (χ4n) is 2.55. The minimum Gasteiger partial charge on any atom is -0.269 e. The minimum absolute atomic E-state index is 0.140. The Hall–Kier alpha value is -1.95. The van der Waals surface area contributed by atoms with E-state index in [0.29, 0.717) is 5.01 Å². The van der Waals surface area contributed by atoms with Gasteiger partial charge in [0.1, 0.15) is 5.01 Å². The molecule has 23 heavy (non-hydrogen) atoms. The van der Waals surface area contributed by atoms with Crippen LogP contribution in [-0.4, -0.2) is 21.7 Å². The van der Waals surface area contributed by atoms with Gasteiger partial charge in [-0.1, -0.05) is 35.3 Å². The predicted octanol–water partition coefficient (Wildman–Crippen LogP) is 4.40. The molecule has 0 radical (unpaired) electrons. The Morgan fingerprint density at radius 2 is 1.61 bits per heavy atom. The van der Waals surface area contributed by atoms with E-state index in [4.69, 9.17) is 23.2 Å². The Bertz CT molecular complexity index is 909. The van der Waals surface area contributed by atoms with Crippen molar-refractivity contribution in [1.29, 1.82) is 0 Å². The molecule has 2 amide bonds. The van der Waals surface area contributed by atoms with Crippen LogP contribution in [0, 0.1) is 0 Å². The summed E-state index contributed by atoms with van der Waals surface area (Å²) in [6.45, 7) is 0.140. The number of hydrogen-bond donors (Lipinski definition) is 0. The molecule has 2 heterocycles. The first kappa shape index (κ1) is 14.6. The lowest BCUT2D eigenvalue weighted by Crippen LogP contribution is -2.28. The molecule has 7 heteroatoms. The smallest absolute Gasteiger partial charge is 0.261 e. The van der Waals surface area contributed by atoms with Crippen LogP contribution >= 0.6 is 34.5 Å². The Balaban J connectivity index is 1.70. The molecule has 1 aromatic heterocycles. The van der Waals surface area contributed by atoms with Gasteiger partial charge < -0.3 is 0 Å². The van der Waals surface area contributed by atoms with Gasteiger partial charge in [0.25, 0.3) is 11.8 Å². The Morgan fingerprint density at radius 1 is 1.00 bits per heavy atom. The standard InChI is InChI=1S/C16H8Cl2N2O2S/c17-10-5-8-9(6-11(10)18)16(22)20(15(8)21)7-14-19-12-3-1-2-4-13(12)23-14/h1-6H,7H2. The zero-order valence-electron chi connectivity index (χ0n) is 11.5. The predicted molar refractivity (Wildman–Crippen MR) is 90.3 cm³/mol. The maximum Gasteiger partial charge on any atom is 0.261 e. The fraction of sp³-hybridized carbons (Fsp3) is 0.0625. The number of aromatic nitrogens is 1. The second kappa shape index (κ2) is 5.30. The van der Waals surface area contributed by atoms with Crippen LogP contribution in [0.1, 0.15) is 25.7 Å². The Morgan fingerprint density at radius 3 is 2.22 bits per heavy atom. The van der Waals surface area contributed by atoms with Crippen molar-refractivity contribution in [3.05, 3.63) is 62.6 Å². The lowest BCUT2D eigenvalue weighted by molar-refractivity contribution is 0.0642. The lowest BCUT2D eigenvalue weighted by Gasteiger charge is -2.11. The van der Waals surface area contributed by atoms with Crippen LogP contribution in [0.4, 0.5) is 0 Å². The highest BCUT2D eigenvalue weighted by molar-refractivity contribution is 7.18. The van der Waals surface area contributed by atoms with Gasteiger partial charge in [0, 0.05) is 0 Å². The normalized spacial score (nSPS) is 13.9. The van der Waals surface area contributed by atoms with Crippen molar-refractivity contribution in [1.82, 2.24) is 9.88 Å². The van der Waals surface area contributed by atoms with Crippen LogP contribution < -0.4 is 0 Å². The van der Waals surface area contributed by atoms with Gasteiger partial charge in [-0.2, -0.15) is 0 Å². The Kier molecular flexibility index (Phi) is 3.37. The van der Waals surface area contributed by atoms with E-state index in [1.165, 1.54) is 28.4 Å². The number of carbonyl (C=O) groups is 2. The molecule has 2 aromatic carbocycles. The molecule has 0 atom stereocenters. The van der Waals surface area contributed by atoms with Crippen LogP contribution in [0.3, 0.4) is 0 Å². The maximum atomic E-state index is 12.5. The third-order valence-corrected chi connectivity index (χ3v) is 5.39. The second-order valence-corrected chi connectivity index (χ2v) is 7.01. The molecule has 0 N–H and O–H groups in total. The van der Waals surface area contributed by atoms with Gasteiger partial charge in [-0.3, -0.25) is 14.5 Å². The van der Waals surface area contributed by atoms with Gasteiger partial charge >= 0.3 is 0 Å². The van der Waals surface area contributed by atoms with Crippen LogP contribution in [-0.2, 0) is 6.54 Å². The highest BCUT2D eigenvalue weighted by Crippen LogP contribution is 2.33. The first-order chi connectivity index (χ1) is 11.0. The van der Waals surface area contributed by atoms with E-state index in [9.17, 15) is 9.59 Å². The van der Waals surface area contributed by atoms with E-state index in [2.05, 4.69) is 4.98 Å². The molecule has 0 aliphatic carbocycles. The summed E-state index contributed by atoms with van der Waals surface area (Å²) in [4.78, 5) is 30.6. The number of halogens is 2. The lowest BCUT2D eigenvalue weighted by atomic mass is 10.1. The number of rotatable bonds is 2. The van der Waals surface area contributed by atoms with E-state index >= 15 is 0 Å². The molecule has 0 saturated carbocycles. The van der Waals surface area contributed by atoms with Crippen molar-refractivity contribution in [3.8, 4) is 0 Å². The molecule has 1 aliphatic heterocycles. The first-order valence-electron chi connectivity index (χ1n) is 6.74. The van der Waals surface area contributed by atoms with Crippen molar-refractivity contribution in [2.75, 3.05) is 0 Å². The van der Waals surface area contributed by atoms with E-state index in [1.807, 2.05) is 24.3 Å². The SMILES string of the molecule is O=C1c2cc(Cl)c(Cl)cc2C(=O)N1Cc1nc2ccccc2s1. The molecule has 0 spiro atoms. The molecule has 114 valence electrons. The number of hydrogen-bond acceptors (Lipinski definition) is 4. The molecule has 1 aliphatic rings. The molecule has 4 rings (SSSR count).